The summed E-state index contributed by atoms with van der Waals surface area (Å²) in [6.45, 7) is 0.828. The third-order valence-corrected chi connectivity index (χ3v) is 2.93. The van der Waals surface area contributed by atoms with Crippen LogP contribution >= 0.6 is 0 Å². The molecule has 0 aliphatic heterocycles. The van der Waals surface area contributed by atoms with E-state index >= 15 is 0 Å². The van der Waals surface area contributed by atoms with Gasteiger partial charge in [0.2, 0.25) is 0 Å². The molecule has 0 radical (unpaired) electrons. The first kappa shape index (κ1) is 13.6. The van der Waals surface area contributed by atoms with Crippen LogP contribution in [0.15, 0.2) is 24.3 Å². The topological polar surface area (TPSA) is 55.6 Å². The van der Waals surface area contributed by atoms with Gasteiger partial charge in [-0.1, -0.05) is 12.1 Å². The maximum Gasteiger partial charge on any atom is 0.175 e. The highest BCUT2D eigenvalue weighted by Gasteiger charge is 2.13. The monoisotopic (exact) mass is 263 g/mol. The second-order valence-electron chi connectivity index (χ2n) is 4.66. The summed E-state index contributed by atoms with van der Waals surface area (Å²) in [5.41, 5.74) is 0.990. The van der Waals surface area contributed by atoms with Gasteiger partial charge in [0.15, 0.2) is 5.82 Å². The molecule has 6 heteroatoms. The van der Waals surface area contributed by atoms with Crippen molar-refractivity contribution in [2.45, 2.75) is 12.8 Å². The lowest BCUT2D eigenvalue weighted by molar-refractivity contribution is 0.479. The zero-order valence-electron chi connectivity index (χ0n) is 11.2. The lowest BCUT2D eigenvalue weighted by Gasteiger charge is -2.14. The molecule has 1 aromatic heterocycles. The molecular formula is C13H18FN5. The highest BCUT2D eigenvalue weighted by Crippen LogP contribution is 2.13. The molecular weight excluding hydrogens is 245 g/mol. The van der Waals surface area contributed by atoms with E-state index in [9.17, 15) is 4.39 Å². The van der Waals surface area contributed by atoms with Crippen LogP contribution < -0.4 is 5.32 Å². The predicted molar refractivity (Wildman–Crippen MR) is 70.0 cm³/mol. The lowest BCUT2D eigenvalue weighted by atomic mass is 9.96. The van der Waals surface area contributed by atoms with E-state index in [1.54, 1.807) is 19.2 Å². The minimum atomic E-state index is -0.196. The Bertz CT molecular complexity index is 525. The van der Waals surface area contributed by atoms with Crippen LogP contribution in [0, 0.1) is 11.7 Å². The molecule has 2 aromatic rings. The van der Waals surface area contributed by atoms with Gasteiger partial charge in [-0.3, -0.25) is 0 Å². The van der Waals surface area contributed by atoms with Gasteiger partial charge in [0.05, 0.1) is 7.05 Å². The van der Waals surface area contributed by atoms with Crippen molar-refractivity contribution in [3.8, 4) is 0 Å². The number of aromatic nitrogens is 4. The quantitative estimate of drug-likeness (QED) is 0.843. The van der Waals surface area contributed by atoms with E-state index in [2.05, 4.69) is 20.7 Å². The van der Waals surface area contributed by atoms with Crippen LogP contribution in [0.5, 0.6) is 0 Å². The first-order valence-corrected chi connectivity index (χ1v) is 6.29. The van der Waals surface area contributed by atoms with Crippen molar-refractivity contribution >= 4 is 0 Å². The van der Waals surface area contributed by atoms with Crippen LogP contribution in [0.1, 0.15) is 11.4 Å². The Labute approximate surface area is 111 Å². The predicted octanol–water partition coefficient (Wildman–Crippen LogP) is 0.970. The number of tetrazole rings is 1. The summed E-state index contributed by atoms with van der Waals surface area (Å²) in [6.07, 6.45) is 1.52. The van der Waals surface area contributed by atoms with Gasteiger partial charge < -0.3 is 5.32 Å². The highest BCUT2D eigenvalue weighted by atomic mass is 19.1. The molecule has 0 spiro atoms. The van der Waals surface area contributed by atoms with Gasteiger partial charge in [0.1, 0.15) is 5.82 Å². The maximum absolute atomic E-state index is 13.2. The van der Waals surface area contributed by atoms with Crippen molar-refractivity contribution in [1.82, 2.24) is 25.5 Å². The molecule has 0 aliphatic rings. The van der Waals surface area contributed by atoms with Crippen LogP contribution in [0.2, 0.25) is 0 Å². The summed E-state index contributed by atoms with van der Waals surface area (Å²) in [5.74, 6) is 0.841. The van der Waals surface area contributed by atoms with Crippen molar-refractivity contribution in [2.75, 3.05) is 13.6 Å². The molecule has 19 heavy (non-hydrogen) atoms. The standard InChI is InChI=1S/C13H18FN5/c1-15-9-11(8-13-16-18-19(2)17-13)6-10-4-3-5-12(14)7-10/h3-5,7,11,15H,6,8-9H2,1-2H3. The molecule has 1 heterocycles. The smallest absolute Gasteiger partial charge is 0.175 e. The zero-order chi connectivity index (χ0) is 13.7. The van der Waals surface area contributed by atoms with E-state index in [4.69, 9.17) is 0 Å². The van der Waals surface area contributed by atoms with Gasteiger partial charge in [-0.2, -0.15) is 4.80 Å². The molecule has 0 aliphatic carbocycles. The Morgan fingerprint density at radius 2 is 2.21 bits per heavy atom. The summed E-state index contributed by atoms with van der Waals surface area (Å²) in [4.78, 5) is 1.45. The van der Waals surface area contributed by atoms with Crippen molar-refractivity contribution in [3.63, 3.8) is 0 Å². The average Bonchev–Trinajstić information content (AvgIpc) is 2.75. The lowest BCUT2D eigenvalue weighted by Crippen LogP contribution is -2.23. The summed E-state index contributed by atoms with van der Waals surface area (Å²) in [5, 5.41) is 15.2. The average molecular weight is 263 g/mol. The normalized spacial score (nSPS) is 12.6. The Kier molecular flexibility index (Phi) is 4.57. The molecule has 1 N–H and O–H groups in total. The number of rotatable bonds is 6. The molecule has 5 nitrogen and oxygen atoms in total. The van der Waals surface area contributed by atoms with Crippen molar-refractivity contribution in [1.29, 1.82) is 0 Å². The first-order chi connectivity index (χ1) is 9.17. The Morgan fingerprint density at radius 3 is 2.84 bits per heavy atom. The first-order valence-electron chi connectivity index (χ1n) is 6.29. The van der Waals surface area contributed by atoms with E-state index in [-0.39, 0.29) is 5.82 Å². The van der Waals surface area contributed by atoms with Gasteiger partial charge in [0.25, 0.3) is 0 Å². The number of hydrogen-bond donors (Lipinski definition) is 1. The second-order valence-corrected chi connectivity index (χ2v) is 4.66. The van der Waals surface area contributed by atoms with Gasteiger partial charge in [0, 0.05) is 6.42 Å². The fourth-order valence-electron chi connectivity index (χ4n) is 2.17. The highest BCUT2D eigenvalue weighted by molar-refractivity contribution is 5.17. The number of hydrogen-bond acceptors (Lipinski definition) is 4. The van der Waals surface area contributed by atoms with Crippen LogP contribution in [0.25, 0.3) is 0 Å². The zero-order valence-corrected chi connectivity index (χ0v) is 11.2. The Morgan fingerprint density at radius 1 is 1.37 bits per heavy atom. The van der Waals surface area contributed by atoms with E-state index in [1.165, 1.54) is 10.9 Å². The fraction of sp³-hybridized carbons (Fsp3) is 0.462. The van der Waals surface area contributed by atoms with E-state index in [0.29, 0.717) is 5.92 Å². The molecule has 0 bridgehead atoms. The molecule has 0 saturated carbocycles. The Hall–Kier alpha value is -1.82. The SMILES string of the molecule is CNCC(Cc1cccc(F)c1)Cc1nnn(C)n1. The molecule has 1 aromatic carbocycles. The van der Waals surface area contributed by atoms with E-state index in [0.717, 1.165) is 30.8 Å². The largest absolute Gasteiger partial charge is 0.319 e. The van der Waals surface area contributed by atoms with Crippen LogP contribution in [0.4, 0.5) is 4.39 Å². The second kappa shape index (κ2) is 6.38. The number of benzene rings is 1. The number of nitrogens with one attached hydrogen (secondary N) is 1. The third kappa shape index (κ3) is 4.10. The summed E-state index contributed by atoms with van der Waals surface area (Å²) < 4.78 is 13.2. The molecule has 1 atom stereocenters. The van der Waals surface area contributed by atoms with Gasteiger partial charge >= 0.3 is 0 Å². The minimum Gasteiger partial charge on any atom is -0.319 e. The maximum atomic E-state index is 13.2. The third-order valence-electron chi connectivity index (χ3n) is 2.93. The number of halogens is 1. The number of nitrogens with zero attached hydrogens (tertiary/aromatic N) is 4. The molecule has 2 rings (SSSR count). The molecule has 102 valence electrons. The fourth-order valence-corrected chi connectivity index (χ4v) is 2.17. The van der Waals surface area contributed by atoms with E-state index < -0.39 is 0 Å². The molecule has 0 saturated heterocycles. The molecule has 0 fully saturated rings. The minimum absolute atomic E-state index is 0.196. The van der Waals surface area contributed by atoms with Gasteiger partial charge in [-0.05, 0) is 48.8 Å². The van der Waals surface area contributed by atoms with Crippen molar-refractivity contribution < 1.29 is 4.39 Å². The van der Waals surface area contributed by atoms with Crippen LogP contribution in [-0.2, 0) is 19.9 Å². The number of aryl methyl sites for hydroxylation is 1. The summed E-state index contributed by atoms with van der Waals surface area (Å²) in [6, 6.07) is 6.71. The Balaban J connectivity index is 2.03. The van der Waals surface area contributed by atoms with Crippen LogP contribution in [0.3, 0.4) is 0 Å². The van der Waals surface area contributed by atoms with Crippen molar-refractivity contribution in [2.24, 2.45) is 13.0 Å². The summed E-state index contributed by atoms with van der Waals surface area (Å²) >= 11 is 0. The molecule has 0 amide bonds. The van der Waals surface area contributed by atoms with Crippen LogP contribution in [-0.4, -0.2) is 33.8 Å². The van der Waals surface area contributed by atoms with E-state index in [1.807, 2.05) is 13.1 Å². The van der Waals surface area contributed by atoms with Crippen molar-refractivity contribution in [3.05, 3.63) is 41.5 Å². The van der Waals surface area contributed by atoms with Gasteiger partial charge in [-0.15, -0.1) is 10.2 Å². The summed E-state index contributed by atoms with van der Waals surface area (Å²) in [7, 11) is 3.65. The van der Waals surface area contributed by atoms with Gasteiger partial charge in [-0.25, -0.2) is 4.39 Å². The molecule has 1 unspecified atom stereocenters.